The van der Waals surface area contributed by atoms with Crippen LogP contribution < -0.4 is 9.05 Å². The average Bonchev–Trinajstić information content (AvgIpc) is 3.64. The molecule has 0 bridgehead atoms. The van der Waals surface area contributed by atoms with Gasteiger partial charge in [-0.2, -0.15) is 0 Å². The van der Waals surface area contributed by atoms with E-state index < -0.39 is 5.84 Å². The van der Waals surface area contributed by atoms with Gasteiger partial charge in [0.2, 0.25) is 11.8 Å². The number of rotatable bonds is 6. The van der Waals surface area contributed by atoms with Gasteiger partial charge in [-0.3, -0.25) is 0 Å². The zero-order chi connectivity index (χ0) is 29.0. The highest BCUT2D eigenvalue weighted by atomic mass is 35.7. The standard InChI is InChI=1S/C34H20ClN2O4PS/c35-42(43,40-29-19-17-21-9-1-3-11-23(21)31(29)33-36-25-13-5-7-15-27(25)38-33)41-30-20-18-22-10-2-4-12-24(22)32(30)34-37-26-14-6-8-16-28(26)39-34/h1-20H. The third-order valence-corrected chi connectivity index (χ3v) is 8.90. The quantitative estimate of drug-likeness (QED) is 0.172. The number of hydrogen-bond acceptors (Lipinski definition) is 7. The number of nitrogens with zero attached hydrogens (tertiary/aromatic N) is 2. The van der Waals surface area contributed by atoms with Crippen LogP contribution in [0.25, 0.3) is 66.7 Å². The highest BCUT2D eigenvalue weighted by Crippen LogP contribution is 2.57. The van der Waals surface area contributed by atoms with Gasteiger partial charge >= 0.3 is 5.84 Å². The Labute approximate surface area is 255 Å². The van der Waals surface area contributed by atoms with Gasteiger partial charge in [0.05, 0.1) is 11.1 Å². The van der Waals surface area contributed by atoms with Crippen molar-refractivity contribution in [2.24, 2.45) is 0 Å². The molecule has 2 heterocycles. The van der Waals surface area contributed by atoms with Crippen LogP contribution in [0.15, 0.2) is 130 Å². The number of oxazole rings is 2. The second-order valence-corrected chi connectivity index (χ2v) is 14.5. The van der Waals surface area contributed by atoms with Crippen LogP contribution in [-0.2, 0) is 11.8 Å². The van der Waals surface area contributed by atoms with E-state index in [1.807, 2.05) is 121 Å². The predicted molar refractivity (Wildman–Crippen MR) is 175 cm³/mol. The first kappa shape index (κ1) is 26.0. The summed E-state index contributed by atoms with van der Waals surface area (Å²) in [7, 11) is 0. The predicted octanol–water partition coefficient (Wildman–Crippen LogP) is 10.5. The fourth-order valence-corrected chi connectivity index (χ4v) is 7.05. The Morgan fingerprint density at radius 1 is 0.535 bits per heavy atom. The summed E-state index contributed by atoms with van der Waals surface area (Å²) < 4.78 is 25.1. The molecule has 6 nitrogen and oxygen atoms in total. The summed E-state index contributed by atoms with van der Waals surface area (Å²) in [5.41, 5.74) is 4.08. The van der Waals surface area contributed by atoms with Crippen LogP contribution in [-0.4, -0.2) is 9.97 Å². The summed E-state index contributed by atoms with van der Waals surface area (Å²) in [6.45, 7) is 0. The van der Waals surface area contributed by atoms with Crippen molar-refractivity contribution < 1.29 is 17.9 Å². The normalized spacial score (nSPS) is 11.9. The fourth-order valence-electron chi connectivity index (χ4n) is 5.31. The number of hydrogen-bond donors (Lipinski definition) is 0. The maximum absolute atomic E-state index is 6.96. The zero-order valence-corrected chi connectivity index (χ0v) is 24.8. The number of fused-ring (bicyclic) bond motifs is 4. The first-order chi connectivity index (χ1) is 21.0. The van der Waals surface area contributed by atoms with Crippen molar-refractivity contribution in [2.45, 2.75) is 0 Å². The molecule has 0 saturated carbocycles. The molecule has 8 rings (SSSR count). The van der Waals surface area contributed by atoms with Crippen molar-refractivity contribution in [3.8, 4) is 34.4 Å². The van der Waals surface area contributed by atoms with Gasteiger partial charge in [-0.1, -0.05) is 84.9 Å². The molecule has 0 unspecified atom stereocenters. The molecule has 43 heavy (non-hydrogen) atoms. The molecule has 0 N–H and O–H groups in total. The van der Waals surface area contributed by atoms with Gasteiger partial charge in [-0.05, 0) is 69.2 Å². The first-order valence-electron chi connectivity index (χ1n) is 13.5. The smallest absolute Gasteiger partial charge is 0.384 e. The third kappa shape index (κ3) is 4.72. The number of para-hydroxylation sites is 4. The summed E-state index contributed by atoms with van der Waals surface area (Å²) in [6, 6.07) is 38.6. The molecular weight excluding hydrogens is 599 g/mol. The Balaban J connectivity index is 1.24. The lowest BCUT2D eigenvalue weighted by molar-refractivity contribution is 0.504. The largest absolute Gasteiger partial charge is 0.436 e. The van der Waals surface area contributed by atoms with E-state index in [4.69, 9.17) is 50.9 Å². The van der Waals surface area contributed by atoms with Crippen molar-refractivity contribution in [1.82, 2.24) is 9.97 Å². The van der Waals surface area contributed by atoms with Gasteiger partial charge in [0.1, 0.15) is 22.5 Å². The summed E-state index contributed by atoms with van der Waals surface area (Å²) in [6.07, 6.45) is 0. The minimum Gasteiger partial charge on any atom is -0.436 e. The fraction of sp³-hybridized carbons (Fsp3) is 0. The first-order valence-corrected chi connectivity index (χ1v) is 17.0. The van der Waals surface area contributed by atoms with E-state index in [2.05, 4.69) is 0 Å². The molecule has 0 spiro atoms. The highest BCUT2D eigenvalue weighted by molar-refractivity contribution is 8.22. The van der Waals surface area contributed by atoms with Gasteiger partial charge in [0.15, 0.2) is 11.2 Å². The molecule has 208 valence electrons. The third-order valence-electron chi connectivity index (χ3n) is 7.21. The molecule has 6 aromatic carbocycles. The van der Waals surface area contributed by atoms with Crippen LogP contribution in [0.2, 0.25) is 0 Å². The molecule has 0 saturated heterocycles. The Hall–Kier alpha value is -4.68. The summed E-state index contributed by atoms with van der Waals surface area (Å²) in [5.74, 6) is -1.87. The van der Waals surface area contributed by atoms with Crippen molar-refractivity contribution in [3.05, 3.63) is 121 Å². The van der Waals surface area contributed by atoms with Crippen LogP contribution in [0, 0.1) is 0 Å². The van der Waals surface area contributed by atoms with E-state index in [1.54, 1.807) is 0 Å². The molecular formula is C34H20ClN2O4PS. The summed E-state index contributed by atoms with van der Waals surface area (Å²) in [5, 5.41) is 3.75. The molecule has 0 aliphatic carbocycles. The number of halogens is 1. The second kappa shape index (κ2) is 10.2. The Bertz CT molecular complexity index is 2160. The molecule has 0 atom stereocenters. The molecule has 0 aliphatic heterocycles. The van der Waals surface area contributed by atoms with Gasteiger partial charge in [0, 0.05) is 11.8 Å². The highest BCUT2D eigenvalue weighted by Gasteiger charge is 2.27. The van der Waals surface area contributed by atoms with Crippen molar-refractivity contribution in [2.75, 3.05) is 0 Å². The average molecular weight is 619 g/mol. The lowest BCUT2D eigenvalue weighted by atomic mass is 10.0. The van der Waals surface area contributed by atoms with Crippen LogP contribution >= 0.6 is 17.1 Å². The molecule has 9 heteroatoms. The molecule has 0 aliphatic rings. The Morgan fingerprint density at radius 2 is 0.953 bits per heavy atom. The summed E-state index contributed by atoms with van der Waals surface area (Å²) >= 11 is 12.8. The van der Waals surface area contributed by atoms with Gasteiger partial charge in [-0.15, -0.1) is 0 Å². The van der Waals surface area contributed by atoms with Crippen LogP contribution in [0.4, 0.5) is 0 Å². The van der Waals surface area contributed by atoms with E-state index in [1.165, 1.54) is 0 Å². The second-order valence-electron chi connectivity index (χ2n) is 9.91. The SMILES string of the molecule is S=P(Cl)(Oc1ccc2ccccc2c1-c1nc2ccccc2o1)Oc1ccc2ccccc2c1-c1nc2ccccc2o1. The van der Waals surface area contributed by atoms with Gasteiger partial charge < -0.3 is 17.9 Å². The number of benzene rings is 6. The van der Waals surface area contributed by atoms with E-state index in [-0.39, 0.29) is 0 Å². The van der Waals surface area contributed by atoms with Crippen LogP contribution in [0.3, 0.4) is 0 Å². The minimum atomic E-state index is -3.49. The van der Waals surface area contributed by atoms with Crippen LogP contribution in [0.1, 0.15) is 0 Å². The van der Waals surface area contributed by atoms with Crippen molar-refractivity contribution in [1.29, 1.82) is 0 Å². The monoisotopic (exact) mass is 618 g/mol. The van der Waals surface area contributed by atoms with E-state index in [0.717, 1.165) is 32.6 Å². The maximum atomic E-state index is 6.96. The van der Waals surface area contributed by atoms with E-state index in [0.29, 0.717) is 45.6 Å². The lowest BCUT2D eigenvalue weighted by Gasteiger charge is -2.21. The van der Waals surface area contributed by atoms with Gasteiger partial charge in [-0.25, -0.2) is 9.97 Å². The molecule has 0 radical (unpaired) electrons. The van der Waals surface area contributed by atoms with Gasteiger partial charge in [0.25, 0.3) is 0 Å². The maximum Gasteiger partial charge on any atom is 0.384 e. The van der Waals surface area contributed by atoms with Crippen molar-refractivity contribution >= 4 is 72.6 Å². The Kier molecular flexibility index (Phi) is 6.19. The van der Waals surface area contributed by atoms with Crippen LogP contribution in [0.5, 0.6) is 11.5 Å². The lowest BCUT2D eigenvalue weighted by Crippen LogP contribution is -1.99. The van der Waals surface area contributed by atoms with E-state index in [9.17, 15) is 0 Å². The topological polar surface area (TPSA) is 70.5 Å². The van der Waals surface area contributed by atoms with E-state index >= 15 is 0 Å². The minimum absolute atomic E-state index is 0.400. The molecule has 2 aromatic heterocycles. The summed E-state index contributed by atoms with van der Waals surface area (Å²) in [4.78, 5) is 9.49. The molecule has 0 amide bonds. The van der Waals surface area contributed by atoms with Crippen molar-refractivity contribution in [3.63, 3.8) is 0 Å². The molecule has 0 fully saturated rings. The zero-order valence-electron chi connectivity index (χ0n) is 22.3. The Morgan fingerprint density at radius 3 is 1.42 bits per heavy atom. The number of aromatic nitrogens is 2. The molecule has 8 aromatic rings.